The van der Waals surface area contributed by atoms with E-state index < -0.39 is 15.8 Å². The van der Waals surface area contributed by atoms with E-state index in [1.807, 2.05) is 0 Å². The highest BCUT2D eigenvalue weighted by Gasteiger charge is 2.11. The fourth-order valence-electron chi connectivity index (χ4n) is 1.50. The number of aromatic nitrogens is 1. The maximum absolute atomic E-state index is 13.7. The molecular weight excluding hydrogens is 273 g/mol. The number of nitrogens with zero attached hydrogens (tertiary/aromatic N) is 1. The van der Waals surface area contributed by atoms with Gasteiger partial charge in [-0.3, -0.25) is 0 Å². The van der Waals surface area contributed by atoms with E-state index in [1.165, 1.54) is 12.1 Å². The van der Waals surface area contributed by atoms with Gasteiger partial charge in [-0.1, -0.05) is 5.16 Å². The number of benzene rings is 1. The topological polar surface area (TPSA) is 98.2 Å². The molecule has 1 aromatic carbocycles. The first-order valence-electron chi connectivity index (χ1n) is 5.34. The molecule has 0 amide bonds. The van der Waals surface area contributed by atoms with E-state index in [2.05, 4.69) is 10.5 Å². The Morgan fingerprint density at radius 3 is 2.68 bits per heavy atom. The predicted octanol–water partition coefficient (Wildman–Crippen LogP) is 1.38. The third kappa shape index (κ3) is 3.30. The van der Waals surface area contributed by atoms with E-state index in [0.29, 0.717) is 5.76 Å². The highest BCUT2D eigenvalue weighted by atomic mass is 32.2. The summed E-state index contributed by atoms with van der Waals surface area (Å²) in [6.07, 6.45) is 0. The van der Waals surface area contributed by atoms with Gasteiger partial charge in [-0.05, 0) is 25.1 Å². The third-order valence-electron chi connectivity index (χ3n) is 2.40. The Balaban J connectivity index is 2.14. The van der Waals surface area contributed by atoms with Crippen molar-refractivity contribution in [2.75, 3.05) is 5.32 Å². The molecule has 19 heavy (non-hydrogen) atoms. The highest BCUT2D eigenvalue weighted by Crippen LogP contribution is 2.19. The average molecular weight is 285 g/mol. The summed E-state index contributed by atoms with van der Waals surface area (Å²) >= 11 is 0. The molecule has 3 N–H and O–H groups in total. The van der Waals surface area contributed by atoms with Crippen LogP contribution >= 0.6 is 0 Å². The Labute approximate surface area is 109 Å². The van der Waals surface area contributed by atoms with Crippen molar-refractivity contribution in [1.82, 2.24) is 5.16 Å². The van der Waals surface area contributed by atoms with Gasteiger partial charge in [0.2, 0.25) is 10.0 Å². The molecule has 0 aliphatic carbocycles. The van der Waals surface area contributed by atoms with Gasteiger partial charge >= 0.3 is 0 Å². The van der Waals surface area contributed by atoms with Crippen LogP contribution in [0.5, 0.6) is 0 Å². The van der Waals surface area contributed by atoms with Crippen molar-refractivity contribution in [3.63, 3.8) is 0 Å². The van der Waals surface area contributed by atoms with Crippen LogP contribution in [0.3, 0.4) is 0 Å². The maximum atomic E-state index is 13.7. The Morgan fingerprint density at radius 2 is 2.16 bits per heavy atom. The lowest BCUT2D eigenvalue weighted by Crippen LogP contribution is -2.12. The Hall–Kier alpha value is -1.93. The van der Waals surface area contributed by atoms with E-state index in [-0.39, 0.29) is 17.1 Å². The Morgan fingerprint density at radius 1 is 1.42 bits per heavy atom. The molecule has 0 aliphatic rings. The minimum absolute atomic E-state index is 0.154. The van der Waals surface area contributed by atoms with Crippen molar-refractivity contribution in [2.45, 2.75) is 18.4 Å². The van der Waals surface area contributed by atoms with Gasteiger partial charge in [0.15, 0.2) is 5.76 Å². The van der Waals surface area contributed by atoms with Crippen LogP contribution in [0.25, 0.3) is 0 Å². The lowest BCUT2D eigenvalue weighted by atomic mass is 10.3. The number of halogens is 1. The van der Waals surface area contributed by atoms with Gasteiger partial charge in [0, 0.05) is 6.07 Å². The number of primary sulfonamides is 1. The van der Waals surface area contributed by atoms with Crippen LogP contribution < -0.4 is 10.5 Å². The zero-order valence-corrected chi connectivity index (χ0v) is 10.9. The number of aryl methyl sites for hydroxylation is 1. The SMILES string of the molecule is Cc1cc(CNc2ccc(S(N)(=O)=O)cc2F)on1. The fourth-order valence-corrected chi connectivity index (χ4v) is 2.02. The standard InChI is InChI=1S/C11H12FN3O3S/c1-7-4-8(18-15-7)6-14-11-3-2-9(5-10(11)12)19(13,16)17/h2-5,14H,6H2,1H3,(H2,13,16,17). The van der Waals surface area contributed by atoms with Crippen molar-refractivity contribution in [3.05, 3.63) is 41.5 Å². The molecule has 1 aromatic heterocycles. The number of anilines is 1. The molecule has 2 rings (SSSR count). The highest BCUT2D eigenvalue weighted by molar-refractivity contribution is 7.89. The number of rotatable bonds is 4. The molecule has 0 saturated carbocycles. The molecule has 0 spiro atoms. The molecule has 0 bridgehead atoms. The van der Waals surface area contributed by atoms with Crippen molar-refractivity contribution < 1.29 is 17.3 Å². The molecule has 0 atom stereocenters. The zero-order chi connectivity index (χ0) is 14.0. The van der Waals surface area contributed by atoms with Gasteiger partial charge in [0.25, 0.3) is 0 Å². The molecule has 0 fully saturated rings. The largest absolute Gasteiger partial charge is 0.375 e. The molecule has 2 aromatic rings. The van der Waals surface area contributed by atoms with Gasteiger partial charge < -0.3 is 9.84 Å². The van der Waals surface area contributed by atoms with Gasteiger partial charge in [-0.2, -0.15) is 0 Å². The van der Waals surface area contributed by atoms with Gasteiger partial charge in [0.05, 0.1) is 22.8 Å². The molecule has 0 saturated heterocycles. The average Bonchev–Trinajstić information content (AvgIpc) is 2.72. The maximum Gasteiger partial charge on any atom is 0.238 e. The number of nitrogens with one attached hydrogen (secondary N) is 1. The molecule has 0 aliphatic heterocycles. The van der Waals surface area contributed by atoms with Crippen molar-refractivity contribution >= 4 is 15.7 Å². The summed E-state index contributed by atoms with van der Waals surface area (Å²) in [5.74, 6) is -0.157. The molecule has 0 radical (unpaired) electrons. The summed E-state index contributed by atoms with van der Waals surface area (Å²) < 4.78 is 40.7. The summed E-state index contributed by atoms with van der Waals surface area (Å²) in [6.45, 7) is 2.01. The summed E-state index contributed by atoms with van der Waals surface area (Å²) in [5.41, 5.74) is 0.878. The van der Waals surface area contributed by atoms with Gasteiger partial charge in [-0.25, -0.2) is 17.9 Å². The summed E-state index contributed by atoms with van der Waals surface area (Å²) in [4.78, 5) is -0.272. The lowest BCUT2D eigenvalue weighted by Gasteiger charge is -2.06. The summed E-state index contributed by atoms with van der Waals surface area (Å²) in [7, 11) is -3.90. The lowest BCUT2D eigenvalue weighted by molar-refractivity contribution is 0.384. The second kappa shape index (κ2) is 4.98. The summed E-state index contributed by atoms with van der Waals surface area (Å²) in [5, 5.41) is 11.4. The van der Waals surface area contributed by atoms with Gasteiger partial charge in [0.1, 0.15) is 5.82 Å². The van der Waals surface area contributed by atoms with Crippen molar-refractivity contribution in [3.8, 4) is 0 Å². The molecule has 102 valence electrons. The van der Waals surface area contributed by atoms with E-state index >= 15 is 0 Å². The molecule has 8 heteroatoms. The fraction of sp³-hybridized carbons (Fsp3) is 0.182. The van der Waals surface area contributed by atoms with Crippen LogP contribution in [0.15, 0.2) is 33.7 Å². The third-order valence-corrected chi connectivity index (χ3v) is 3.31. The minimum Gasteiger partial charge on any atom is -0.375 e. The Bertz CT molecular complexity index is 697. The van der Waals surface area contributed by atoms with Crippen LogP contribution in [-0.4, -0.2) is 13.6 Å². The second-order valence-corrected chi connectivity index (χ2v) is 5.54. The molecular formula is C11H12FN3O3S. The number of hydrogen-bond acceptors (Lipinski definition) is 5. The van der Waals surface area contributed by atoms with E-state index in [4.69, 9.17) is 9.66 Å². The van der Waals surface area contributed by atoms with Crippen molar-refractivity contribution in [1.29, 1.82) is 0 Å². The van der Waals surface area contributed by atoms with Crippen molar-refractivity contribution in [2.24, 2.45) is 5.14 Å². The van der Waals surface area contributed by atoms with Crippen LogP contribution in [-0.2, 0) is 16.6 Å². The minimum atomic E-state index is -3.90. The van der Waals surface area contributed by atoms with E-state index in [9.17, 15) is 12.8 Å². The first-order chi connectivity index (χ1) is 8.86. The number of sulfonamides is 1. The van der Waals surface area contributed by atoms with E-state index in [1.54, 1.807) is 13.0 Å². The number of hydrogen-bond donors (Lipinski definition) is 2. The zero-order valence-electron chi connectivity index (χ0n) is 10.1. The van der Waals surface area contributed by atoms with Crippen LogP contribution in [0.4, 0.5) is 10.1 Å². The molecule has 0 unspecified atom stereocenters. The Kier molecular flexibility index (Phi) is 3.54. The monoisotopic (exact) mass is 285 g/mol. The van der Waals surface area contributed by atoms with Gasteiger partial charge in [-0.15, -0.1) is 0 Å². The number of nitrogens with two attached hydrogens (primary N) is 1. The van der Waals surface area contributed by atoms with Crippen LogP contribution in [0.1, 0.15) is 11.5 Å². The molecule has 1 heterocycles. The smallest absolute Gasteiger partial charge is 0.238 e. The van der Waals surface area contributed by atoms with Crippen LogP contribution in [0.2, 0.25) is 0 Å². The second-order valence-electron chi connectivity index (χ2n) is 3.97. The molecule has 6 nitrogen and oxygen atoms in total. The first-order valence-corrected chi connectivity index (χ1v) is 6.89. The first kappa shape index (κ1) is 13.5. The van der Waals surface area contributed by atoms with Crippen LogP contribution in [0, 0.1) is 12.7 Å². The summed E-state index contributed by atoms with van der Waals surface area (Å²) in [6, 6.07) is 5.11. The quantitative estimate of drug-likeness (QED) is 0.884. The van der Waals surface area contributed by atoms with E-state index in [0.717, 1.165) is 11.8 Å². The predicted molar refractivity (Wildman–Crippen MR) is 66.3 cm³/mol. The normalized spacial score (nSPS) is 11.5.